The second-order valence-electron chi connectivity index (χ2n) is 5.49. The van der Waals surface area contributed by atoms with Crippen LogP contribution in [0.3, 0.4) is 0 Å². The Morgan fingerprint density at radius 2 is 1.81 bits per heavy atom. The molecular weight excluding hydrogens is 265 g/mol. The van der Waals surface area contributed by atoms with Crippen molar-refractivity contribution in [1.82, 2.24) is 5.32 Å². The number of nitrogens with one attached hydrogen (secondary N) is 1. The Morgan fingerprint density at radius 1 is 1.10 bits per heavy atom. The van der Waals surface area contributed by atoms with Crippen LogP contribution in [0.5, 0.6) is 5.75 Å². The topological polar surface area (TPSA) is 21.3 Å². The van der Waals surface area contributed by atoms with Gasteiger partial charge in [0.05, 0.1) is 0 Å². The van der Waals surface area contributed by atoms with E-state index in [1.807, 2.05) is 37.3 Å². The van der Waals surface area contributed by atoms with Crippen molar-refractivity contribution in [3.8, 4) is 5.75 Å². The Morgan fingerprint density at radius 3 is 2.48 bits per heavy atom. The molecule has 0 saturated heterocycles. The average Bonchev–Trinajstić information content (AvgIpc) is 2.47. The van der Waals surface area contributed by atoms with Gasteiger partial charge in [0.2, 0.25) is 0 Å². The molecule has 112 valence electrons. The quantitative estimate of drug-likeness (QED) is 0.857. The average molecular weight is 287 g/mol. The van der Waals surface area contributed by atoms with Crippen LogP contribution in [0.1, 0.15) is 31.1 Å². The van der Waals surface area contributed by atoms with Gasteiger partial charge >= 0.3 is 0 Å². The van der Waals surface area contributed by atoms with Crippen LogP contribution in [0.4, 0.5) is 4.39 Å². The van der Waals surface area contributed by atoms with E-state index in [4.69, 9.17) is 4.74 Å². The zero-order valence-electron chi connectivity index (χ0n) is 12.8. The molecule has 1 unspecified atom stereocenters. The van der Waals surface area contributed by atoms with E-state index in [9.17, 15) is 4.39 Å². The summed E-state index contributed by atoms with van der Waals surface area (Å²) in [6, 6.07) is 15.0. The van der Waals surface area contributed by atoms with Gasteiger partial charge in [-0.05, 0) is 24.1 Å². The summed E-state index contributed by atoms with van der Waals surface area (Å²) < 4.78 is 19.5. The summed E-state index contributed by atoms with van der Waals surface area (Å²) in [6.45, 7) is 6.79. The molecule has 2 aromatic carbocycles. The third kappa shape index (κ3) is 4.57. The third-order valence-electron chi connectivity index (χ3n) is 3.30. The summed E-state index contributed by atoms with van der Waals surface area (Å²) >= 11 is 0. The highest BCUT2D eigenvalue weighted by Gasteiger charge is 2.15. The van der Waals surface area contributed by atoms with Crippen LogP contribution in [0.2, 0.25) is 0 Å². The Hall–Kier alpha value is -1.87. The van der Waals surface area contributed by atoms with E-state index in [-0.39, 0.29) is 11.9 Å². The molecule has 0 bridgehead atoms. The molecule has 3 heteroatoms. The molecule has 0 aromatic heterocycles. The number of benzene rings is 2. The number of ether oxygens (including phenoxy) is 1. The minimum atomic E-state index is -0.278. The SMILES string of the molecule is Cc1ccc(F)cc1OC(CNC(C)C)c1ccccc1. The molecule has 0 radical (unpaired) electrons. The largest absolute Gasteiger partial charge is 0.484 e. The number of hydrogen-bond acceptors (Lipinski definition) is 2. The molecule has 2 nitrogen and oxygen atoms in total. The van der Waals surface area contributed by atoms with Crippen molar-refractivity contribution in [3.05, 3.63) is 65.5 Å². The van der Waals surface area contributed by atoms with Gasteiger partial charge in [0, 0.05) is 18.7 Å². The van der Waals surface area contributed by atoms with Gasteiger partial charge in [0.15, 0.2) is 0 Å². The predicted molar refractivity (Wildman–Crippen MR) is 84.1 cm³/mol. The molecule has 1 atom stereocenters. The first kappa shape index (κ1) is 15.5. The second kappa shape index (κ2) is 7.23. The Balaban J connectivity index is 2.21. The smallest absolute Gasteiger partial charge is 0.136 e. The molecule has 0 saturated carbocycles. The van der Waals surface area contributed by atoms with Gasteiger partial charge < -0.3 is 10.1 Å². The van der Waals surface area contributed by atoms with Gasteiger partial charge in [-0.2, -0.15) is 0 Å². The number of rotatable bonds is 6. The van der Waals surface area contributed by atoms with E-state index in [0.717, 1.165) is 11.1 Å². The van der Waals surface area contributed by atoms with E-state index in [1.54, 1.807) is 6.07 Å². The molecule has 0 fully saturated rings. The summed E-state index contributed by atoms with van der Waals surface area (Å²) in [7, 11) is 0. The third-order valence-corrected chi connectivity index (χ3v) is 3.30. The molecule has 2 rings (SSSR count). The summed E-state index contributed by atoms with van der Waals surface area (Å²) in [5, 5.41) is 3.38. The van der Waals surface area contributed by atoms with E-state index in [1.165, 1.54) is 12.1 Å². The molecule has 0 aliphatic heterocycles. The van der Waals surface area contributed by atoms with Crippen molar-refractivity contribution in [3.63, 3.8) is 0 Å². The van der Waals surface area contributed by atoms with E-state index >= 15 is 0 Å². The first-order valence-corrected chi connectivity index (χ1v) is 7.27. The molecule has 0 amide bonds. The normalized spacial score (nSPS) is 12.4. The Bertz CT molecular complexity index is 569. The van der Waals surface area contributed by atoms with Gasteiger partial charge in [0.25, 0.3) is 0 Å². The minimum absolute atomic E-state index is 0.144. The van der Waals surface area contributed by atoms with Crippen molar-refractivity contribution in [1.29, 1.82) is 0 Å². The summed E-state index contributed by atoms with van der Waals surface area (Å²) in [5.41, 5.74) is 2.01. The lowest BCUT2D eigenvalue weighted by molar-refractivity contribution is 0.196. The standard InChI is InChI=1S/C18H22FNO/c1-13(2)20-12-18(15-7-5-4-6-8-15)21-17-11-16(19)10-9-14(17)3/h4-11,13,18,20H,12H2,1-3H3. The lowest BCUT2D eigenvalue weighted by Gasteiger charge is -2.22. The van der Waals surface area contributed by atoms with Crippen LogP contribution in [0.25, 0.3) is 0 Å². The van der Waals surface area contributed by atoms with Gasteiger partial charge in [0.1, 0.15) is 17.7 Å². The number of hydrogen-bond donors (Lipinski definition) is 1. The summed E-state index contributed by atoms with van der Waals surface area (Å²) in [5.74, 6) is 0.314. The lowest BCUT2D eigenvalue weighted by Crippen LogP contribution is -2.30. The van der Waals surface area contributed by atoms with E-state index in [0.29, 0.717) is 18.3 Å². The highest BCUT2D eigenvalue weighted by Crippen LogP contribution is 2.25. The van der Waals surface area contributed by atoms with Crippen LogP contribution in [0.15, 0.2) is 48.5 Å². The molecule has 0 heterocycles. The maximum absolute atomic E-state index is 13.4. The molecular formula is C18H22FNO. The molecule has 0 aliphatic carbocycles. The monoisotopic (exact) mass is 287 g/mol. The van der Waals surface area contributed by atoms with Crippen molar-refractivity contribution in [2.45, 2.75) is 32.9 Å². The van der Waals surface area contributed by atoms with Crippen molar-refractivity contribution in [2.75, 3.05) is 6.54 Å². The van der Waals surface area contributed by atoms with Gasteiger partial charge in [-0.15, -0.1) is 0 Å². The van der Waals surface area contributed by atoms with E-state index < -0.39 is 0 Å². The van der Waals surface area contributed by atoms with Gasteiger partial charge in [-0.1, -0.05) is 50.2 Å². The molecule has 0 spiro atoms. The van der Waals surface area contributed by atoms with Crippen molar-refractivity contribution in [2.24, 2.45) is 0 Å². The Kier molecular flexibility index (Phi) is 5.34. The second-order valence-corrected chi connectivity index (χ2v) is 5.49. The summed E-state index contributed by atoms with van der Waals surface area (Å²) in [4.78, 5) is 0. The molecule has 2 aromatic rings. The molecule has 21 heavy (non-hydrogen) atoms. The first-order chi connectivity index (χ1) is 10.1. The van der Waals surface area contributed by atoms with Crippen molar-refractivity contribution < 1.29 is 9.13 Å². The fourth-order valence-corrected chi connectivity index (χ4v) is 2.09. The van der Waals surface area contributed by atoms with Crippen LogP contribution in [-0.2, 0) is 0 Å². The van der Waals surface area contributed by atoms with Gasteiger partial charge in [-0.3, -0.25) is 0 Å². The first-order valence-electron chi connectivity index (χ1n) is 7.27. The fraction of sp³-hybridized carbons (Fsp3) is 0.333. The zero-order valence-corrected chi connectivity index (χ0v) is 12.8. The fourth-order valence-electron chi connectivity index (χ4n) is 2.09. The number of aryl methyl sites for hydroxylation is 1. The van der Waals surface area contributed by atoms with Crippen LogP contribution >= 0.6 is 0 Å². The van der Waals surface area contributed by atoms with Crippen LogP contribution < -0.4 is 10.1 Å². The number of halogens is 1. The van der Waals surface area contributed by atoms with E-state index in [2.05, 4.69) is 19.2 Å². The van der Waals surface area contributed by atoms with Crippen molar-refractivity contribution >= 4 is 0 Å². The minimum Gasteiger partial charge on any atom is -0.484 e. The maximum Gasteiger partial charge on any atom is 0.136 e. The van der Waals surface area contributed by atoms with Crippen LogP contribution in [0, 0.1) is 12.7 Å². The highest BCUT2D eigenvalue weighted by atomic mass is 19.1. The lowest BCUT2D eigenvalue weighted by atomic mass is 10.1. The van der Waals surface area contributed by atoms with Gasteiger partial charge in [-0.25, -0.2) is 4.39 Å². The predicted octanol–water partition coefficient (Wildman–Crippen LogP) is 4.25. The van der Waals surface area contributed by atoms with Crippen LogP contribution in [-0.4, -0.2) is 12.6 Å². The zero-order chi connectivity index (χ0) is 15.2. The molecule has 1 N–H and O–H groups in total. The highest BCUT2D eigenvalue weighted by molar-refractivity contribution is 5.33. The Labute approximate surface area is 126 Å². The maximum atomic E-state index is 13.4. The summed E-state index contributed by atoms with van der Waals surface area (Å²) in [6.07, 6.45) is -0.144. The molecule has 0 aliphatic rings.